The van der Waals surface area contributed by atoms with Gasteiger partial charge >= 0.3 is 0 Å². The van der Waals surface area contributed by atoms with Crippen LogP contribution in [0, 0.1) is 18.6 Å². The first-order valence-corrected chi connectivity index (χ1v) is 3.59. The van der Waals surface area contributed by atoms with Gasteiger partial charge in [0.05, 0.1) is 0 Å². The maximum absolute atomic E-state index is 12.9. The van der Waals surface area contributed by atoms with Crippen LogP contribution in [0.25, 0.3) is 0 Å². The molecule has 0 spiro atoms. The number of halogens is 2. The highest BCUT2D eigenvalue weighted by atomic mass is 19.1. The largest absolute Gasteiger partial charge is 0.207 e. The summed E-state index contributed by atoms with van der Waals surface area (Å²) in [6, 6.07) is 2.48. The van der Waals surface area contributed by atoms with E-state index in [0.29, 0.717) is 17.5 Å². The third-order valence-electron chi connectivity index (χ3n) is 1.71. The zero-order valence-corrected chi connectivity index (χ0v) is 6.62. The monoisotopic (exact) mass is 156 g/mol. The molecule has 0 aliphatic heterocycles. The molecular weight excluding hydrogens is 146 g/mol. The molecule has 0 saturated carbocycles. The average Bonchev–Trinajstić information content (AvgIpc) is 1.97. The van der Waals surface area contributed by atoms with Crippen molar-refractivity contribution in [1.29, 1.82) is 0 Å². The summed E-state index contributed by atoms with van der Waals surface area (Å²) in [5.74, 6) is -0.644. The molecule has 11 heavy (non-hydrogen) atoms. The molecule has 0 atom stereocenters. The van der Waals surface area contributed by atoms with Gasteiger partial charge in [0.25, 0.3) is 0 Å². The van der Waals surface area contributed by atoms with E-state index in [1.807, 2.05) is 0 Å². The Balaban J connectivity index is 3.21. The first-order chi connectivity index (χ1) is 5.15. The lowest BCUT2D eigenvalue weighted by Crippen LogP contribution is -1.92. The van der Waals surface area contributed by atoms with E-state index in [9.17, 15) is 8.78 Å². The maximum atomic E-state index is 12.9. The van der Waals surface area contributed by atoms with Crippen LogP contribution in [0.5, 0.6) is 0 Å². The fraction of sp³-hybridized carbons (Fsp3) is 0.333. The first-order valence-electron chi connectivity index (χ1n) is 3.59. The summed E-state index contributed by atoms with van der Waals surface area (Å²) in [6.45, 7) is 3.35. The summed E-state index contributed by atoms with van der Waals surface area (Å²) in [5, 5.41) is 0. The SMILES string of the molecule is CCc1cc(F)c(C)cc1F. The lowest BCUT2D eigenvalue weighted by molar-refractivity contribution is 0.580. The van der Waals surface area contributed by atoms with Gasteiger partial charge in [0.2, 0.25) is 0 Å². The summed E-state index contributed by atoms with van der Waals surface area (Å²) in [6.07, 6.45) is 0.531. The van der Waals surface area contributed by atoms with Crippen molar-refractivity contribution in [2.24, 2.45) is 0 Å². The molecular formula is C9H10F2. The molecule has 0 saturated heterocycles. The van der Waals surface area contributed by atoms with Crippen molar-refractivity contribution in [1.82, 2.24) is 0 Å². The van der Waals surface area contributed by atoms with Crippen LogP contribution in [-0.2, 0) is 6.42 Å². The lowest BCUT2D eigenvalue weighted by atomic mass is 10.1. The second kappa shape index (κ2) is 2.99. The van der Waals surface area contributed by atoms with Crippen molar-refractivity contribution < 1.29 is 8.78 Å². The second-order valence-electron chi connectivity index (χ2n) is 2.55. The normalized spacial score (nSPS) is 10.2. The summed E-state index contributed by atoms with van der Waals surface area (Å²) in [5.41, 5.74) is 0.799. The molecule has 1 rings (SSSR count). The average molecular weight is 156 g/mol. The molecule has 0 unspecified atom stereocenters. The standard InChI is InChI=1S/C9H10F2/c1-3-7-5-8(10)6(2)4-9(7)11/h4-5H,3H2,1-2H3. The van der Waals surface area contributed by atoms with Crippen molar-refractivity contribution in [3.8, 4) is 0 Å². The lowest BCUT2D eigenvalue weighted by Gasteiger charge is -2.01. The minimum absolute atomic E-state index is 0.314. The Kier molecular flexibility index (Phi) is 2.22. The van der Waals surface area contributed by atoms with Gasteiger partial charge < -0.3 is 0 Å². The van der Waals surface area contributed by atoms with Crippen LogP contribution in [0.3, 0.4) is 0 Å². The van der Waals surface area contributed by atoms with Gasteiger partial charge in [0.1, 0.15) is 11.6 Å². The summed E-state index contributed by atoms with van der Waals surface area (Å²) in [7, 11) is 0. The summed E-state index contributed by atoms with van der Waals surface area (Å²) < 4.78 is 25.6. The molecule has 0 heterocycles. The van der Waals surface area contributed by atoms with Crippen LogP contribution in [-0.4, -0.2) is 0 Å². The molecule has 1 aromatic rings. The van der Waals surface area contributed by atoms with Crippen molar-refractivity contribution >= 4 is 0 Å². The molecule has 2 heteroatoms. The van der Waals surface area contributed by atoms with Crippen molar-refractivity contribution in [3.63, 3.8) is 0 Å². The second-order valence-corrected chi connectivity index (χ2v) is 2.55. The zero-order chi connectivity index (χ0) is 8.43. The van der Waals surface area contributed by atoms with Crippen LogP contribution in [0.15, 0.2) is 12.1 Å². The van der Waals surface area contributed by atoms with Gasteiger partial charge in [0.15, 0.2) is 0 Å². The van der Waals surface area contributed by atoms with Gasteiger partial charge in [-0.05, 0) is 36.6 Å². The number of aryl methyl sites for hydroxylation is 2. The van der Waals surface area contributed by atoms with E-state index in [0.717, 1.165) is 0 Å². The quantitative estimate of drug-likeness (QED) is 0.586. The van der Waals surface area contributed by atoms with Crippen LogP contribution < -0.4 is 0 Å². The van der Waals surface area contributed by atoms with Crippen molar-refractivity contribution in [2.75, 3.05) is 0 Å². The number of rotatable bonds is 1. The molecule has 0 N–H and O–H groups in total. The highest BCUT2D eigenvalue weighted by Crippen LogP contribution is 2.13. The van der Waals surface area contributed by atoms with E-state index in [-0.39, 0.29) is 11.6 Å². The highest BCUT2D eigenvalue weighted by molar-refractivity contribution is 5.24. The number of hydrogen-bond donors (Lipinski definition) is 0. The van der Waals surface area contributed by atoms with Gasteiger partial charge in [-0.3, -0.25) is 0 Å². The van der Waals surface area contributed by atoms with Gasteiger partial charge in [-0.25, -0.2) is 8.78 Å². The fourth-order valence-corrected chi connectivity index (χ4v) is 0.958. The van der Waals surface area contributed by atoms with Crippen molar-refractivity contribution in [3.05, 3.63) is 34.9 Å². The van der Waals surface area contributed by atoms with E-state index < -0.39 is 0 Å². The molecule has 0 aliphatic carbocycles. The minimum Gasteiger partial charge on any atom is -0.207 e. The van der Waals surface area contributed by atoms with E-state index in [2.05, 4.69) is 0 Å². The molecule has 0 fully saturated rings. The van der Waals surface area contributed by atoms with Gasteiger partial charge in [-0.15, -0.1) is 0 Å². The van der Waals surface area contributed by atoms with Gasteiger partial charge in [-0.2, -0.15) is 0 Å². The van der Waals surface area contributed by atoms with Crippen LogP contribution in [0.2, 0.25) is 0 Å². The van der Waals surface area contributed by atoms with Crippen LogP contribution >= 0.6 is 0 Å². The highest BCUT2D eigenvalue weighted by Gasteiger charge is 2.04. The van der Waals surface area contributed by atoms with E-state index in [1.165, 1.54) is 12.1 Å². The number of hydrogen-bond acceptors (Lipinski definition) is 0. The molecule has 0 aromatic heterocycles. The Hall–Kier alpha value is -0.920. The molecule has 60 valence electrons. The van der Waals surface area contributed by atoms with E-state index >= 15 is 0 Å². The third kappa shape index (κ3) is 1.56. The van der Waals surface area contributed by atoms with E-state index in [1.54, 1.807) is 13.8 Å². The smallest absolute Gasteiger partial charge is 0.126 e. The molecule has 0 aliphatic rings. The number of benzene rings is 1. The Morgan fingerprint density at radius 1 is 1.18 bits per heavy atom. The molecule has 0 radical (unpaired) electrons. The van der Waals surface area contributed by atoms with E-state index in [4.69, 9.17) is 0 Å². The summed E-state index contributed by atoms with van der Waals surface area (Å²) in [4.78, 5) is 0. The Labute approximate surface area is 64.9 Å². The molecule has 0 bridgehead atoms. The Bertz CT molecular complexity index is 267. The zero-order valence-electron chi connectivity index (χ0n) is 6.62. The van der Waals surface area contributed by atoms with Crippen LogP contribution in [0.4, 0.5) is 8.78 Å². The predicted molar refractivity (Wildman–Crippen MR) is 40.5 cm³/mol. The molecule has 0 nitrogen and oxygen atoms in total. The van der Waals surface area contributed by atoms with Gasteiger partial charge in [-0.1, -0.05) is 6.92 Å². The Morgan fingerprint density at radius 3 is 2.36 bits per heavy atom. The van der Waals surface area contributed by atoms with Crippen LogP contribution in [0.1, 0.15) is 18.1 Å². The first kappa shape index (κ1) is 8.18. The fourth-order valence-electron chi connectivity index (χ4n) is 0.958. The minimum atomic E-state index is -0.330. The Morgan fingerprint density at radius 2 is 1.82 bits per heavy atom. The topological polar surface area (TPSA) is 0 Å². The molecule has 1 aromatic carbocycles. The van der Waals surface area contributed by atoms with Gasteiger partial charge in [0, 0.05) is 0 Å². The van der Waals surface area contributed by atoms with Crippen molar-refractivity contribution in [2.45, 2.75) is 20.3 Å². The molecule has 0 amide bonds. The predicted octanol–water partition coefficient (Wildman–Crippen LogP) is 2.84. The third-order valence-corrected chi connectivity index (χ3v) is 1.71. The summed E-state index contributed by atoms with van der Waals surface area (Å²) >= 11 is 0. The maximum Gasteiger partial charge on any atom is 0.126 e.